The van der Waals surface area contributed by atoms with Crippen LogP contribution in [0.2, 0.25) is 0 Å². The van der Waals surface area contributed by atoms with Crippen molar-refractivity contribution in [2.24, 2.45) is 0 Å². The standard InChI is InChI=1S/C56H45N3OS/c1-55(2,3)34-19-24-47-42(29-34)43-30-35(56(4,5)6)20-25-48(43)58(47)38-22-27-50-52(33-38)60-51-32-37(57-45-16-10-7-13-39(45)40-14-8-11-17-46(40)57)21-26-49(51)59(50)36-23-28-54-44(31-36)41-15-9-12-18-53(41)61-54/h7-33H,1-6H3. The predicted octanol–water partition coefficient (Wildman–Crippen LogP) is 16.4. The van der Waals surface area contributed by atoms with Crippen LogP contribution in [0.5, 0.6) is 11.5 Å². The summed E-state index contributed by atoms with van der Waals surface area (Å²) in [5.74, 6) is 1.62. The van der Waals surface area contributed by atoms with E-state index in [1.807, 2.05) is 11.3 Å². The van der Waals surface area contributed by atoms with Crippen LogP contribution in [0.3, 0.4) is 0 Å². The number of para-hydroxylation sites is 2. The first-order valence-electron chi connectivity index (χ1n) is 21.3. The Morgan fingerprint density at radius 1 is 0.377 bits per heavy atom. The fourth-order valence-corrected chi connectivity index (χ4v) is 10.7. The van der Waals surface area contributed by atoms with E-state index in [0.717, 1.165) is 39.9 Å². The number of hydrogen-bond acceptors (Lipinski definition) is 3. The van der Waals surface area contributed by atoms with Gasteiger partial charge in [0.25, 0.3) is 0 Å². The number of thiophene rings is 1. The molecule has 0 N–H and O–H groups in total. The number of aromatic nitrogens is 2. The Morgan fingerprint density at radius 2 is 0.836 bits per heavy atom. The molecule has 5 heteroatoms. The summed E-state index contributed by atoms with van der Waals surface area (Å²) < 4.78 is 14.5. The summed E-state index contributed by atoms with van der Waals surface area (Å²) in [6.07, 6.45) is 0. The van der Waals surface area contributed by atoms with Crippen LogP contribution in [-0.2, 0) is 10.8 Å². The molecule has 8 aromatic carbocycles. The average Bonchev–Trinajstić information content (AvgIpc) is 3.91. The lowest BCUT2D eigenvalue weighted by atomic mass is 9.85. The summed E-state index contributed by atoms with van der Waals surface area (Å²) in [5, 5.41) is 7.56. The summed E-state index contributed by atoms with van der Waals surface area (Å²) in [7, 11) is 0. The van der Waals surface area contributed by atoms with E-state index in [2.05, 4.69) is 219 Å². The molecule has 4 nitrogen and oxygen atoms in total. The quantitative estimate of drug-likeness (QED) is 0.177. The first-order valence-corrected chi connectivity index (χ1v) is 22.1. The third-order valence-corrected chi connectivity index (χ3v) is 14.0. The molecule has 0 aliphatic carbocycles. The third kappa shape index (κ3) is 5.50. The van der Waals surface area contributed by atoms with E-state index in [1.54, 1.807) is 0 Å². The molecule has 11 aromatic rings. The highest BCUT2D eigenvalue weighted by molar-refractivity contribution is 7.25. The second-order valence-corrected chi connectivity index (χ2v) is 19.8. The second kappa shape index (κ2) is 12.8. The van der Waals surface area contributed by atoms with Crippen molar-refractivity contribution in [1.29, 1.82) is 0 Å². The molecule has 1 aliphatic rings. The van der Waals surface area contributed by atoms with Crippen LogP contribution in [0.25, 0.3) is 75.2 Å². The maximum atomic E-state index is 7.16. The van der Waals surface area contributed by atoms with E-state index in [-0.39, 0.29) is 10.8 Å². The minimum absolute atomic E-state index is 0.0250. The number of rotatable bonds is 3. The zero-order valence-corrected chi connectivity index (χ0v) is 36.1. The molecule has 0 saturated carbocycles. The normalized spacial score (nSPS) is 13.2. The molecular weight excluding hydrogens is 763 g/mol. The summed E-state index contributed by atoms with van der Waals surface area (Å²) in [6.45, 7) is 13.8. The lowest BCUT2D eigenvalue weighted by molar-refractivity contribution is 0.476. The number of fused-ring (bicyclic) bond motifs is 11. The van der Waals surface area contributed by atoms with Gasteiger partial charge in [0.05, 0.1) is 44.8 Å². The van der Waals surface area contributed by atoms with Gasteiger partial charge < -0.3 is 18.8 Å². The molecular formula is C56H45N3OS. The highest BCUT2D eigenvalue weighted by Gasteiger charge is 2.29. The van der Waals surface area contributed by atoms with Gasteiger partial charge in [-0.15, -0.1) is 11.3 Å². The Morgan fingerprint density at radius 3 is 1.38 bits per heavy atom. The van der Waals surface area contributed by atoms with Crippen LogP contribution >= 0.6 is 11.3 Å². The van der Waals surface area contributed by atoms with Crippen molar-refractivity contribution in [3.8, 4) is 22.9 Å². The van der Waals surface area contributed by atoms with Gasteiger partial charge in [0.2, 0.25) is 0 Å². The van der Waals surface area contributed by atoms with Crippen molar-refractivity contribution in [2.45, 2.75) is 52.4 Å². The maximum Gasteiger partial charge on any atom is 0.153 e. The number of hydrogen-bond donors (Lipinski definition) is 0. The van der Waals surface area contributed by atoms with Gasteiger partial charge in [-0.1, -0.05) is 108 Å². The van der Waals surface area contributed by atoms with Crippen LogP contribution in [0.1, 0.15) is 52.7 Å². The van der Waals surface area contributed by atoms with Crippen LogP contribution in [0.15, 0.2) is 164 Å². The monoisotopic (exact) mass is 807 g/mol. The van der Waals surface area contributed by atoms with E-state index in [0.29, 0.717) is 0 Å². The predicted molar refractivity (Wildman–Crippen MR) is 260 cm³/mol. The van der Waals surface area contributed by atoms with Gasteiger partial charge in [-0.3, -0.25) is 0 Å². The fraction of sp³-hybridized carbons (Fsp3) is 0.143. The van der Waals surface area contributed by atoms with Crippen molar-refractivity contribution in [1.82, 2.24) is 9.13 Å². The Bertz CT molecular complexity index is 3480. The molecule has 3 aromatic heterocycles. The summed E-state index contributed by atoms with van der Waals surface area (Å²) in [6, 6.07) is 60.5. The Labute approximate surface area is 359 Å². The number of benzene rings is 8. The highest BCUT2D eigenvalue weighted by atomic mass is 32.1. The molecule has 0 atom stereocenters. The van der Waals surface area contributed by atoms with E-state index in [4.69, 9.17) is 4.74 Å². The topological polar surface area (TPSA) is 22.3 Å². The van der Waals surface area contributed by atoms with Crippen LogP contribution in [-0.4, -0.2) is 9.13 Å². The van der Waals surface area contributed by atoms with Crippen LogP contribution in [0, 0.1) is 0 Å². The smallest absolute Gasteiger partial charge is 0.153 e. The van der Waals surface area contributed by atoms with Gasteiger partial charge in [0.15, 0.2) is 11.5 Å². The van der Waals surface area contributed by atoms with Gasteiger partial charge in [-0.2, -0.15) is 0 Å². The summed E-state index contributed by atoms with van der Waals surface area (Å²) in [4.78, 5) is 2.39. The highest BCUT2D eigenvalue weighted by Crippen LogP contribution is 2.53. The zero-order chi connectivity index (χ0) is 41.4. The van der Waals surface area contributed by atoms with E-state index in [9.17, 15) is 0 Å². The van der Waals surface area contributed by atoms with Gasteiger partial charge in [0.1, 0.15) is 0 Å². The molecule has 1 aliphatic heterocycles. The Balaban J connectivity index is 1.08. The maximum absolute atomic E-state index is 7.16. The van der Waals surface area contributed by atoms with Gasteiger partial charge >= 0.3 is 0 Å². The molecule has 61 heavy (non-hydrogen) atoms. The van der Waals surface area contributed by atoms with Crippen molar-refractivity contribution >= 4 is 92.2 Å². The SMILES string of the molecule is CC(C)(C)c1ccc2c(c1)c1cc(C(C)(C)C)ccc1n2-c1ccc2c(c1)Oc1cc(-n3c4ccccc4c4ccccc43)ccc1N2c1ccc2sc3ccccc3c2c1. The largest absolute Gasteiger partial charge is 0.453 e. The van der Waals surface area contributed by atoms with Crippen LogP contribution < -0.4 is 9.64 Å². The average molecular weight is 808 g/mol. The van der Waals surface area contributed by atoms with Crippen molar-refractivity contribution in [2.75, 3.05) is 4.90 Å². The van der Waals surface area contributed by atoms with Gasteiger partial charge in [0, 0.05) is 59.5 Å². The van der Waals surface area contributed by atoms with E-state index in [1.165, 1.54) is 74.9 Å². The van der Waals surface area contributed by atoms with Crippen molar-refractivity contribution < 1.29 is 4.74 Å². The molecule has 0 bridgehead atoms. The van der Waals surface area contributed by atoms with Gasteiger partial charge in [-0.25, -0.2) is 0 Å². The van der Waals surface area contributed by atoms with Crippen molar-refractivity contribution in [3.05, 3.63) is 175 Å². The molecule has 4 heterocycles. The van der Waals surface area contributed by atoms with E-state index < -0.39 is 0 Å². The van der Waals surface area contributed by atoms with E-state index >= 15 is 0 Å². The molecule has 12 rings (SSSR count). The molecule has 0 fully saturated rings. The summed E-state index contributed by atoms with van der Waals surface area (Å²) >= 11 is 1.85. The third-order valence-electron chi connectivity index (χ3n) is 12.8. The first kappa shape index (κ1) is 36.1. The zero-order valence-electron chi connectivity index (χ0n) is 35.2. The van der Waals surface area contributed by atoms with Crippen molar-refractivity contribution in [3.63, 3.8) is 0 Å². The number of anilines is 3. The minimum atomic E-state index is 0.0250. The minimum Gasteiger partial charge on any atom is -0.453 e. The summed E-state index contributed by atoms with van der Waals surface area (Å²) in [5.41, 5.74) is 12.6. The second-order valence-electron chi connectivity index (χ2n) is 18.7. The number of nitrogens with zero attached hydrogens (tertiary/aromatic N) is 3. The molecule has 0 amide bonds. The van der Waals surface area contributed by atoms with Gasteiger partial charge in [-0.05, 0) is 107 Å². The van der Waals surface area contributed by atoms with Crippen LogP contribution in [0.4, 0.5) is 17.1 Å². The molecule has 0 spiro atoms. The lowest BCUT2D eigenvalue weighted by Gasteiger charge is -2.33. The molecule has 0 radical (unpaired) electrons. The lowest BCUT2D eigenvalue weighted by Crippen LogP contribution is -2.16. The molecule has 0 unspecified atom stereocenters. The first-order chi connectivity index (χ1) is 29.5. The molecule has 0 saturated heterocycles. The number of ether oxygens (including phenoxy) is 1. The fourth-order valence-electron chi connectivity index (χ4n) is 9.63. The molecule has 296 valence electrons. The Kier molecular flexibility index (Phi) is 7.59. The Hall–Kier alpha value is -6.82.